The summed E-state index contributed by atoms with van der Waals surface area (Å²) >= 11 is 0. The standard InChI is InChI=1S/C21H26N6O10/c1-34-15-14(31)19(37-20(15)35-2)27-7-22-11-16(27)24-10(25-17(11)32)5-8-3-4-26(21(33)23-8)18-13(30)12(29)9(6-28)36-18/h3-4,7,9,12-15,18-20,28-31H,5-6H2,1-2H3,(H,24,25,32). The Hall–Kier alpha value is -3.09. The van der Waals surface area contributed by atoms with Crippen molar-refractivity contribution < 1.29 is 39.4 Å². The van der Waals surface area contributed by atoms with Crippen molar-refractivity contribution in [3.05, 3.63) is 50.9 Å². The number of aliphatic hydroxyl groups excluding tert-OH is 4. The first-order valence-electron chi connectivity index (χ1n) is 11.3. The van der Waals surface area contributed by atoms with E-state index in [0.717, 1.165) is 4.57 Å². The van der Waals surface area contributed by atoms with Crippen LogP contribution in [0, 0.1) is 0 Å². The van der Waals surface area contributed by atoms with E-state index < -0.39 is 67.1 Å². The van der Waals surface area contributed by atoms with E-state index in [4.69, 9.17) is 18.9 Å². The maximum absolute atomic E-state index is 12.7. The third kappa shape index (κ3) is 4.36. The van der Waals surface area contributed by atoms with E-state index in [2.05, 4.69) is 19.9 Å². The van der Waals surface area contributed by atoms with Crippen LogP contribution in [-0.4, -0.2) is 107 Å². The zero-order valence-corrected chi connectivity index (χ0v) is 19.7. The van der Waals surface area contributed by atoms with Gasteiger partial charge in [-0.3, -0.25) is 13.9 Å². The lowest BCUT2D eigenvalue weighted by atomic mass is 10.1. The summed E-state index contributed by atoms with van der Waals surface area (Å²) in [5.74, 6) is 0.163. The molecule has 8 unspecified atom stereocenters. The van der Waals surface area contributed by atoms with Crippen LogP contribution in [0.4, 0.5) is 0 Å². The average Bonchev–Trinajstić information content (AvgIpc) is 3.53. The molecule has 5 heterocycles. The summed E-state index contributed by atoms with van der Waals surface area (Å²) in [5.41, 5.74) is -0.925. The molecular formula is C21H26N6O10. The Kier molecular flexibility index (Phi) is 6.90. The first-order valence-corrected chi connectivity index (χ1v) is 11.3. The van der Waals surface area contributed by atoms with Gasteiger partial charge in [0, 0.05) is 26.8 Å². The van der Waals surface area contributed by atoms with Crippen molar-refractivity contribution in [3.63, 3.8) is 0 Å². The number of hydrogen-bond donors (Lipinski definition) is 5. The quantitative estimate of drug-likeness (QED) is 0.206. The molecule has 0 bridgehead atoms. The number of nitrogens with one attached hydrogen (secondary N) is 1. The number of aromatic nitrogens is 6. The lowest BCUT2D eigenvalue weighted by Crippen LogP contribution is -2.36. The van der Waals surface area contributed by atoms with Crippen molar-refractivity contribution in [2.75, 3.05) is 20.8 Å². The fourth-order valence-corrected chi connectivity index (χ4v) is 4.55. The molecule has 0 aliphatic carbocycles. The lowest BCUT2D eigenvalue weighted by molar-refractivity contribution is -0.165. The Labute approximate surface area is 207 Å². The third-order valence-corrected chi connectivity index (χ3v) is 6.46. The molecule has 0 aromatic carbocycles. The summed E-state index contributed by atoms with van der Waals surface area (Å²) in [4.78, 5) is 40.4. The van der Waals surface area contributed by atoms with Gasteiger partial charge in [-0.15, -0.1) is 0 Å². The molecule has 16 nitrogen and oxygen atoms in total. The number of H-pyrrole nitrogens is 1. The van der Waals surface area contributed by atoms with Crippen LogP contribution in [0.15, 0.2) is 28.2 Å². The van der Waals surface area contributed by atoms with Crippen LogP contribution in [0.5, 0.6) is 0 Å². The van der Waals surface area contributed by atoms with Crippen LogP contribution in [-0.2, 0) is 25.4 Å². The Balaban J connectivity index is 1.42. The molecule has 2 aliphatic heterocycles. The monoisotopic (exact) mass is 522 g/mol. The van der Waals surface area contributed by atoms with Crippen LogP contribution in [0.3, 0.4) is 0 Å². The highest BCUT2D eigenvalue weighted by Gasteiger charge is 2.46. The molecule has 3 aromatic heterocycles. The van der Waals surface area contributed by atoms with Crippen LogP contribution >= 0.6 is 0 Å². The first-order chi connectivity index (χ1) is 17.8. The molecule has 2 aliphatic rings. The van der Waals surface area contributed by atoms with Gasteiger partial charge in [-0.2, -0.15) is 4.98 Å². The summed E-state index contributed by atoms with van der Waals surface area (Å²) in [5, 5.41) is 40.0. The van der Waals surface area contributed by atoms with E-state index in [1.807, 2.05) is 0 Å². The number of ether oxygens (including phenoxy) is 4. The molecule has 2 saturated heterocycles. The number of hydrogen-bond acceptors (Lipinski definition) is 13. The molecule has 3 aromatic rings. The van der Waals surface area contributed by atoms with Gasteiger partial charge in [0.2, 0.25) is 0 Å². The molecule has 16 heteroatoms. The van der Waals surface area contributed by atoms with Gasteiger partial charge >= 0.3 is 5.69 Å². The van der Waals surface area contributed by atoms with Gasteiger partial charge in [0.15, 0.2) is 29.9 Å². The minimum absolute atomic E-state index is 0.0159. The number of aliphatic hydroxyl groups is 4. The van der Waals surface area contributed by atoms with E-state index in [1.54, 1.807) is 0 Å². The summed E-state index contributed by atoms with van der Waals surface area (Å²) < 4.78 is 24.0. The molecule has 37 heavy (non-hydrogen) atoms. The van der Waals surface area contributed by atoms with Crippen molar-refractivity contribution in [2.24, 2.45) is 0 Å². The predicted molar refractivity (Wildman–Crippen MR) is 120 cm³/mol. The van der Waals surface area contributed by atoms with E-state index in [1.165, 1.54) is 37.4 Å². The average molecular weight is 522 g/mol. The minimum Gasteiger partial charge on any atom is -0.394 e. The Morgan fingerprint density at radius 2 is 1.78 bits per heavy atom. The summed E-state index contributed by atoms with van der Waals surface area (Å²) in [6, 6.07) is 1.47. The molecule has 0 amide bonds. The molecule has 2 fully saturated rings. The van der Waals surface area contributed by atoms with Crippen molar-refractivity contribution >= 4 is 11.2 Å². The largest absolute Gasteiger partial charge is 0.394 e. The van der Waals surface area contributed by atoms with Gasteiger partial charge in [-0.1, -0.05) is 0 Å². The zero-order valence-electron chi connectivity index (χ0n) is 19.7. The maximum Gasteiger partial charge on any atom is 0.350 e. The Bertz CT molecular complexity index is 1390. The zero-order chi connectivity index (χ0) is 26.4. The topological polar surface area (TPSA) is 216 Å². The van der Waals surface area contributed by atoms with E-state index in [9.17, 15) is 30.0 Å². The lowest BCUT2D eigenvalue weighted by Gasteiger charge is -2.17. The number of imidazole rings is 1. The van der Waals surface area contributed by atoms with Crippen LogP contribution in [0.1, 0.15) is 24.0 Å². The minimum atomic E-state index is -1.44. The summed E-state index contributed by atoms with van der Waals surface area (Å²) in [6.45, 7) is -0.533. The summed E-state index contributed by atoms with van der Waals surface area (Å²) in [7, 11) is 2.82. The number of rotatable bonds is 7. The van der Waals surface area contributed by atoms with E-state index >= 15 is 0 Å². The molecule has 200 valence electrons. The number of methoxy groups -OCH3 is 2. The molecular weight excluding hydrogens is 496 g/mol. The second-order valence-electron chi connectivity index (χ2n) is 8.67. The smallest absolute Gasteiger partial charge is 0.350 e. The fraction of sp³-hybridized carbons (Fsp3) is 0.571. The molecule has 5 N–H and O–H groups in total. The number of fused-ring (bicyclic) bond motifs is 1. The Morgan fingerprint density at radius 3 is 2.41 bits per heavy atom. The van der Waals surface area contributed by atoms with Gasteiger partial charge in [0.05, 0.1) is 18.6 Å². The maximum atomic E-state index is 12.7. The predicted octanol–water partition coefficient (Wildman–Crippen LogP) is -3.24. The van der Waals surface area contributed by atoms with Gasteiger partial charge in [-0.25, -0.2) is 14.8 Å². The number of aromatic amines is 1. The normalized spacial score (nSPS) is 31.9. The third-order valence-electron chi connectivity index (χ3n) is 6.46. The highest BCUT2D eigenvalue weighted by molar-refractivity contribution is 5.69. The fourth-order valence-electron chi connectivity index (χ4n) is 4.55. The van der Waals surface area contributed by atoms with Crippen molar-refractivity contribution in [2.45, 2.75) is 55.7 Å². The van der Waals surface area contributed by atoms with E-state index in [-0.39, 0.29) is 29.1 Å². The molecule has 5 rings (SSSR count). The second kappa shape index (κ2) is 9.99. The first kappa shape index (κ1) is 25.6. The van der Waals surface area contributed by atoms with Gasteiger partial charge < -0.3 is 44.4 Å². The van der Waals surface area contributed by atoms with Gasteiger partial charge in [0.25, 0.3) is 5.56 Å². The van der Waals surface area contributed by atoms with Gasteiger partial charge in [-0.05, 0) is 6.07 Å². The van der Waals surface area contributed by atoms with E-state index in [0.29, 0.717) is 0 Å². The van der Waals surface area contributed by atoms with Crippen LogP contribution < -0.4 is 11.2 Å². The highest BCUT2D eigenvalue weighted by Crippen LogP contribution is 2.33. The molecule has 0 saturated carbocycles. The molecule has 0 radical (unpaired) electrons. The Morgan fingerprint density at radius 1 is 1.03 bits per heavy atom. The SMILES string of the molecule is COC1OC(n2cnc3c(=O)[nH]c(Cc4ccn(C5OC(CO)C(O)C5O)c(=O)n4)nc32)C(O)C1OC. The van der Waals surface area contributed by atoms with Crippen LogP contribution in [0.25, 0.3) is 11.2 Å². The number of nitrogens with zero attached hydrogens (tertiary/aromatic N) is 5. The van der Waals surface area contributed by atoms with Crippen LogP contribution in [0.2, 0.25) is 0 Å². The second-order valence-corrected chi connectivity index (χ2v) is 8.67. The van der Waals surface area contributed by atoms with Crippen molar-refractivity contribution in [3.8, 4) is 0 Å². The van der Waals surface area contributed by atoms with Gasteiger partial charge in [0.1, 0.15) is 36.3 Å². The molecule has 0 spiro atoms. The highest BCUT2D eigenvalue weighted by atomic mass is 16.7. The van der Waals surface area contributed by atoms with Crippen molar-refractivity contribution in [1.29, 1.82) is 0 Å². The molecule has 8 atom stereocenters. The summed E-state index contributed by atoms with van der Waals surface area (Å²) in [6.07, 6.45) is -6.23. The van der Waals surface area contributed by atoms with Crippen molar-refractivity contribution in [1.82, 2.24) is 29.1 Å².